The van der Waals surface area contributed by atoms with E-state index >= 15 is 0 Å². The van der Waals surface area contributed by atoms with Crippen LogP contribution in [0.25, 0.3) is 0 Å². The Kier molecular flexibility index (Phi) is 2.68. The Labute approximate surface area is 98.6 Å². The number of Topliss-reactive ketones (excluding diaryl/α,β-unsaturated/α-hetero) is 1. The smallest absolute Gasteiger partial charge is 0.236 e. The van der Waals surface area contributed by atoms with Gasteiger partial charge in [0.25, 0.3) is 0 Å². The van der Waals surface area contributed by atoms with Gasteiger partial charge in [-0.25, -0.2) is 4.98 Å². The molecule has 1 saturated heterocycles. The van der Waals surface area contributed by atoms with Gasteiger partial charge in [-0.2, -0.15) is 4.39 Å². The number of carbonyl (C=O) groups is 2. The highest BCUT2D eigenvalue weighted by molar-refractivity contribution is 14.1. The third-order valence-electron chi connectivity index (χ3n) is 2.05. The minimum absolute atomic E-state index is 0.00807. The zero-order chi connectivity index (χ0) is 11.0. The molecule has 0 radical (unpaired) electrons. The number of anilines is 1. The summed E-state index contributed by atoms with van der Waals surface area (Å²) in [6, 6.07) is 3.05. The van der Waals surface area contributed by atoms with Crippen LogP contribution >= 0.6 is 22.6 Å². The third-order valence-corrected chi connectivity index (χ3v) is 2.85. The molecular weight excluding hydrogens is 314 g/mol. The normalized spacial score (nSPS) is 16.3. The van der Waals surface area contributed by atoms with Crippen molar-refractivity contribution in [3.63, 3.8) is 0 Å². The number of rotatable bonds is 1. The maximum Gasteiger partial charge on any atom is 0.236 e. The lowest BCUT2D eigenvalue weighted by Crippen LogP contribution is -2.25. The van der Waals surface area contributed by atoms with Gasteiger partial charge in [-0.3, -0.25) is 14.5 Å². The molecule has 2 rings (SSSR count). The average Bonchev–Trinajstić information content (AvgIpc) is 2.50. The van der Waals surface area contributed by atoms with Gasteiger partial charge in [0.15, 0.2) is 5.78 Å². The topological polar surface area (TPSA) is 50.3 Å². The van der Waals surface area contributed by atoms with Crippen molar-refractivity contribution >= 4 is 40.1 Å². The van der Waals surface area contributed by atoms with Gasteiger partial charge < -0.3 is 0 Å². The van der Waals surface area contributed by atoms with Gasteiger partial charge in [-0.15, -0.1) is 0 Å². The van der Waals surface area contributed by atoms with Crippen LogP contribution < -0.4 is 4.90 Å². The molecule has 78 valence electrons. The number of amides is 1. The van der Waals surface area contributed by atoms with Crippen molar-refractivity contribution in [2.45, 2.75) is 6.42 Å². The standard InChI is InChI=1S/C9H6FIN2O2/c10-9-6(11)1-2-7(12-9)13-4-5(14)3-8(13)15/h1-2H,3-4H2. The van der Waals surface area contributed by atoms with Gasteiger partial charge in [0, 0.05) is 0 Å². The molecule has 0 unspecified atom stereocenters. The minimum atomic E-state index is -0.625. The molecular formula is C9H6FIN2O2. The van der Waals surface area contributed by atoms with Crippen LogP contribution in [0.1, 0.15) is 6.42 Å². The van der Waals surface area contributed by atoms with E-state index in [4.69, 9.17) is 0 Å². The first-order valence-electron chi connectivity index (χ1n) is 4.22. The van der Waals surface area contributed by atoms with Gasteiger partial charge >= 0.3 is 0 Å². The lowest BCUT2D eigenvalue weighted by molar-refractivity contribution is -0.121. The van der Waals surface area contributed by atoms with Crippen LogP contribution in [-0.2, 0) is 9.59 Å². The molecule has 4 nitrogen and oxygen atoms in total. The van der Waals surface area contributed by atoms with E-state index in [1.165, 1.54) is 17.0 Å². The van der Waals surface area contributed by atoms with E-state index in [0.29, 0.717) is 3.57 Å². The van der Waals surface area contributed by atoms with Crippen molar-refractivity contribution in [2.24, 2.45) is 0 Å². The molecule has 1 aromatic rings. The molecule has 1 amide bonds. The summed E-state index contributed by atoms with van der Waals surface area (Å²) in [5.41, 5.74) is 0. The summed E-state index contributed by atoms with van der Waals surface area (Å²) in [6.45, 7) is -0.00807. The maximum atomic E-state index is 13.1. The van der Waals surface area contributed by atoms with Gasteiger partial charge in [0.2, 0.25) is 11.9 Å². The highest BCUT2D eigenvalue weighted by Crippen LogP contribution is 2.19. The van der Waals surface area contributed by atoms with Crippen LogP contribution in [0.2, 0.25) is 0 Å². The first-order valence-corrected chi connectivity index (χ1v) is 5.30. The summed E-state index contributed by atoms with van der Waals surface area (Å²) >= 11 is 1.81. The highest BCUT2D eigenvalue weighted by Gasteiger charge is 2.29. The molecule has 0 aliphatic carbocycles. The van der Waals surface area contributed by atoms with E-state index in [1.807, 2.05) is 0 Å². The van der Waals surface area contributed by atoms with Gasteiger partial charge in [0.05, 0.1) is 16.5 Å². The molecule has 0 N–H and O–H groups in total. The molecule has 0 aromatic carbocycles. The average molecular weight is 320 g/mol. The Morgan fingerprint density at radius 1 is 1.40 bits per heavy atom. The Bertz CT molecular complexity index is 450. The Balaban J connectivity index is 2.34. The predicted octanol–water partition coefficient (Wildman–Crippen LogP) is 1.13. The van der Waals surface area contributed by atoms with Crippen molar-refractivity contribution in [3.05, 3.63) is 21.7 Å². The molecule has 0 atom stereocenters. The van der Waals surface area contributed by atoms with Crippen LogP contribution in [0.4, 0.5) is 10.2 Å². The predicted molar refractivity (Wildman–Crippen MR) is 58.9 cm³/mol. The number of hydrogen-bond acceptors (Lipinski definition) is 3. The third kappa shape index (κ3) is 1.99. The first kappa shape index (κ1) is 10.5. The Hall–Kier alpha value is -1.05. The van der Waals surface area contributed by atoms with E-state index in [1.54, 1.807) is 22.6 Å². The number of pyridine rings is 1. The summed E-state index contributed by atoms with van der Waals surface area (Å²) in [6.07, 6.45) is -0.116. The van der Waals surface area contributed by atoms with Crippen LogP contribution in [0.3, 0.4) is 0 Å². The van der Waals surface area contributed by atoms with E-state index < -0.39 is 5.95 Å². The molecule has 0 bridgehead atoms. The Morgan fingerprint density at radius 3 is 2.67 bits per heavy atom. The molecule has 15 heavy (non-hydrogen) atoms. The molecule has 0 spiro atoms. The molecule has 1 fully saturated rings. The molecule has 1 aliphatic rings. The number of nitrogens with zero attached hydrogens (tertiary/aromatic N) is 2. The summed E-state index contributed by atoms with van der Waals surface area (Å²) in [5, 5.41) is 0. The number of halogens is 2. The van der Waals surface area contributed by atoms with Gasteiger partial charge in [-0.05, 0) is 34.7 Å². The zero-order valence-electron chi connectivity index (χ0n) is 7.54. The van der Waals surface area contributed by atoms with E-state index in [2.05, 4.69) is 4.98 Å². The lowest BCUT2D eigenvalue weighted by Gasteiger charge is -2.13. The van der Waals surface area contributed by atoms with Crippen molar-refractivity contribution in [2.75, 3.05) is 11.4 Å². The van der Waals surface area contributed by atoms with Crippen LogP contribution in [0.5, 0.6) is 0 Å². The van der Waals surface area contributed by atoms with E-state index in [0.717, 1.165) is 0 Å². The van der Waals surface area contributed by atoms with Crippen molar-refractivity contribution in [1.29, 1.82) is 0 Å². The first-order chi connectivity index (χ1) is 7.08. The molecule has 2 heterocycles. The summed E-state index contributed by atoms with van der Waals surface area (Å²) < 4.78 is 13.5. The fourth-order valence-corrected chi connectivity index (χ4v) is 1.65. The summed E-state index contributed by atoms with van der Waals surface area (Å²) in [7, 11) is 0. The molecule has 6 heteroatoms. The van der Waals surface area contributed by atoms with E-state index in [9.17, 15) is 14.0 Å². The van der Waals surface area contributed by atoms with E-state index in [-0.39, 0.29) is 30.5 Å². The van der Waals surface area contributed by atoms with Crippen LogP contribution in [0.15, 0.2) is 12.1 Å². The second-order valence-corrected chi connectivity index (χ2v) is 4.30. The maximum absolute atomic E-state index is 13.1. The summed E-state index contributed by atoms with van der Waals surface area (Å²) in [5.74, 6) is -0.919. The van der Waals surface area contributed by atoms with Crippen LogP contribution in [-0.4, -0.2) is 23.2 Å². The summed E-state index contributed by atoms with van der Waals surface area (Å²) in [4.78, 5) is 27.1. The fourth-order valence-electron chi connectivity index (χ4n) is 1.35. The number of carbonyl (C=O) groups excluding carboxylic acids is 2. The van der Waals surface area contributed by atoms with Gasteiger partial charge in [0.1, 0.15) is 5.82 Å². The number of hydrogen-bond donors (Lipinski definition) is 0. The number of ketones is 1. The molecule has 0 saturated carbocycles. The van der Waals surface area contributed by atoms with Crippen LogP contribution in [0, 0.1) is 9.52 Å². The van der Waals surface area contributed by atoms with Crippen molar-refractivity contribution in [3.8, 4) is 0 Å². The fraction of sp³-hybridized carbons (Fsp3) is 0.222. The zero-order valence-corrected chi connectivity index (χ0v) is 9.69. The minimum Gasteiger partial charge on any atom is -0.297 e. The van der Waals surface area contributed by atoms with Gasteiger partial charge in [-0.1, -0.05) is 0 Å². The highest BCUT2D eigenvalue weighted by atomic mass is 127. The second-order valence-electron chi connectivity index (χ2n) is 3.14. The largest absolute Gasteiger partial charge is 0.297 e. The molecule has 1 aromatic heterocycles. The van der Waals surface area contributed by atoms with Crippen molar-refractivity contribution in [1.82, 2.24) is 4.98 Å². The SMILES string of the molecule is O=C1CC(=O)N(c2ccc(I)c(F)n2)C1. The second kappa shape index (κ2) is 3.84. The Morgan fingerprint density at radius 2 is 2.13 bits per heavy atom. The number of aromatic nitrogens is 1. The van der Waals surface area contributed by atoms with Crippen molar-refractivity contribution < 1.29 is 14.0 Å². The monoisotopic (exact) mass is 320 g/mol. The quantitative estimate of drug-likeness (QED) is 0.443. The molecule has 1 aliphatic heterocycles. The lowest BCUT2D eigenvalue weighted by atomic mass is 10.3.